The van der Waals surface area contributed by atoms with E-state index in [2.05, 4.69) is 10.1 Å². The van der Waals surface area contributed by atoms with E-state index in [1.165, 1.54) is 24.3 Å². The van der Waals surface area contributed by atoms with Crippen molar-refractivity contribution in [2.75, 3.05) is 6.54 Å². The van der Waals surface area contributed by atoms with E-state index in [9.17, 15) is 35.5 Å². The molecular weight excluding hydrogens is 459 g/mol. The Morgan fingerprint density at radius 2 is 1.58 bits per heavy atom. The zero-order chi connectivity index (χ0) is 24.0. The number of hydrogen-bond donors (Lipinski definition) is 0. The van der Waals surface area contributed by atoms with Crippen LogP contribution in [0.1, 0.15) is 46.3 Å². The largest absolute Gasteiger partial charge is 0.416 e. The second kappa shape index (κ2) is 8.16. The molecule has 2 aromatic carbocycles. The van der Waals surface area contributed by atoms with Crippen molar-refractivity contribution in [2.24, 2.45) is 0 Å². The van der Waals surface area contributed by atoms with Crippen LogP contribution in [-0.4, -0.2) is 27.5 Å². The molecule has 33 heavy (non-hydrogen) atoms. The van der Waals surface area contributed by atoms with Crippen molar-refractivity contribution in [1.82, 2.24) is 15.0 Å². The van der Waals surface area contributed by atoms with E-state index in [0.29, 0.717) is 30.5 Å². The van der Waals surface area contributed by atoms with Crippen LogP contribution in [0.2, 0.25) is 0 Å². The van der Waals surface area contributed by atoms with Crippen LogP contribution >= 0.6 is 0 Å². The number of carbonyl (C=O) groups is 1. The summed E-state index contributed by atoms with van der Waals surface area (Å²) in [5, 5.41) is 3.78. The van der Waals surface area contributed by atoms with E-state index < -0.39 is 46.8 Å². The van der Waals surface area contributed by atoms with Crippen LogP contribution in [-0.2, 0) is 12.4 Å². The maximum Gasteiger partial charge on any atom is 0.416 e. The normalized spacial score (nSPS) is 16.9. The van der Waals surface area contributed by atoms with E-state index in [1.54, 1.807) is 0 Å². The van der Waals surface area contributed by atoms with Crippen LogP contribution in [0.15, 0.2) is 47.0 Å². The van der Waals surface area contributed by atoms with Gasteiger partial charge < -0.3 is 9.42 Å². The molecule has 0 saturated carbocycles. The van der Waals surface area contributed by atoms with Crippen molar-refractivity contribution in [3.8, 4) is 11.4 Å². The molecule has 0 aliphatic carbocycles. The smallest absolute Gasteiger partial charge is 0.337 e. The third kappa shape index (κ3) is 4.69. The fourth-order valence-corrected chi connectivity index (χ4v) is 3.60. The lowest BCUT2D eigenvalue weighted by Gasteiger charge is -2.23. The predicted molar refractivity (Wildman–Crippen MR) is 99.1 cm³/mol. The topological polar surface area (TPSA) is 59.2 Å². The number of likely N-dealkylation sites (tertiary alicyclic amines) is 1. The lowest BCUT2D eigenvalue weighted by Crippen LogP contribution is -2.31. The highest BCUT2D eigenvalue weighted by Crippen LogP contribution is 2.38. The van der Waals surface area contributed by atoms with E-state index in [0.717, 1.165) is 4.90 Å². The number of rotatable bonds is 3. The molecule has 1 amide bonds. The van der Waals surface area contributed by atoms with Gasteiger partial charge in [-0.25, -0.2) is 4.39 Å². The quantitative estimate of drug-likeness (QED) is 0.445. The highest BCUT2D eigenvalue weighted by Gasteiger charge is 2.40. The molecule has 0 spiro atoms. The third-order valence-corrected chi connectivity index (χ3v) is 5.18. The van der Waals surface area contributed by atoms with Gasteiger partial charge in [0.25, 0.3) is 5.91 Å². The zero-order valence-corrected chi connectivity index (χ0v) is 16.5. The first-order valence-corrected chi connectivity index (χ1v) is 9.63. The maximum absolute atomic E-state index is 13.2. The lowest BCUT2D eigenvalue weighted by molar-refractivity contribution is -0.143. The maximum atomic E-state index is 13.2. The van der Waals surface area contributed by atoms with Gasteiger partial charge in [-0.1, -0.05) is 5.16 Å². The number of amides is 1. The monoisotopic (exact) mass is 473 g/mol. The van der Waals surface area contributed by atoms with Gasteiger partial charge in [-0.05, 0) is 55.3 Å². The molecule has 5 nitrogen and oxygen atoms in total. The van der Waals surface area contributed by atoms with Crippen LogP contribution in [0.4, 0.5) is 30.7 Å². The van der Waals surface area contributed by atoms with Crippen molar-refractivity contribution >= 4 is 5.91 Å². The van der Waals surface area contributed by atoms with Crippen molar-refractivity contribution in [3.05, 3.63) is 70.9 Å². The van der Waals surface area contributed by atoms with Crippen LogP contribution in [0, 0.1) is 5.82 Å². The van der Waals surface area contributed by atoms with E-state index >= 15 is 0 Å². The summed E-state index contributed by atoms with van der Waals surface area (Å²) in [6.45, 7) is 0.0787. The third-order valence-electron chi connectivity index (χ3n) is 5.18. The molecule has 3 aromatic rings. The molecule has 0 N–H and O–H groups in total. The zero-order valence-electron chi connectivity index (χ0n) is 16.5. The Labute approximate surface area is 181 Å². The number of carbonyl (C=O) groups excluding carboxylic acids is 1. The van der Waals surface area contributed by atoms with E-state index in [4.69, 9.17) is 4.52 Å². The highest BCUT2D eigenvalue weighted by molar-refractivity contribution is 5.95. The molecule has 1 atom stereocenters. The fourth-order valence-electron chi connectivity index (χ4n) is 3.60. The number of hydrogen-bond acceptors (Lipinski definition) is 4. The van der Waals surface area contributed by atoms with E-state index in [1.807, 2.05) is 0 Å². The Morgan fingerprint density at radius 1 is 0.970 bits per heavy atom. The second-order valence-corrected chi connectivity index (χ2v) is 7.41. The first kappa shape index (κ1) is 22.7. The van der Waals surface area contributed by atoms with Gasteiger partial charge in [-0.15, -0.1) is 0 Å². The highest BCUT2D eigenvalue weighted by atomic mass is 19.4. The average molecular weight is 473 g/mol. The molecule has 1 saturated heterocycles. The molecule has 2 heterocycles. The van der Waals surface area contributed by atoms with Crippen molar-refractivity contribution < 1.29 is 40.1 Å². The number of alkyl halides is 6. The molecule has 1 aliphatic heterocycles. The van der Waals surface area contributed by atoms with Gasteiger partial charge in [-0.2, -0.15) is 31.3 Å². The molecule has 1 unspecified atom stereocenters. The number of halogens is 7. The Balaban J connectivity index is 1.65. The minimum Gasteiger partial charge on any atom is -0.337 e. The summed E-state index contributed by atoms with van der Waals surface area (Å²) in [5.41, 5.74) is -3.47. The molecule has 1 aromatic heterocycles. The molecule has 0 bridgehead atoms. The van der Waals surface area contributed by atoms with Crippen molar-refractivity contribution in [3.63, 3.8) is 0 Å². The predicted octanol–water partition coefficient (Wildman–Crippen LogP) is 5.89. The van der Waals surface area contributed by atoms with Gasteiger partial charge in [0.15, 0.2) is 0 Å². The molecular formula is C21H14F7N3O2. The number of benzene rings is 2. The van der Waals surface area contributed by atoms with Crippen molar-refractivity contribution in [2.45, 2.75) is 31.2 Å². The van der Waals surface area contributed by atoms with Gasteiger partial charge in [0.2, 0.25) is 11.7 Å². The molecule has 1 aliphatic rings. The minimum atomic E-state index is -5.07. The molecule has 4 rings (SSSR count). The number of nitrogens with zero attached hydrogens (tertiary/aromatic N) is 3. The Morgan fingerprint density at radius 3 is 2.15 bits per heavy atom. The number of aromatic nitrogens is 2. The first-order chi connectivity index (χ1) is 15.4. The molecule has 0 radical (unpaired) electrons. The first-order valence-electron chi connectivity index (χ1n) is 9.63. The SMILES string of the molecule is O=C(c1cc(C(F)(F)F)cc(C(F)(F)F)c1)N1CCCC1c1nc(-c2ccc(F)cc2)no1. The Hall–Kier alpha value is -3.44. The Kier molecular flexibility index (Phi) is 5.62. The van der Waals surface area contributed by atoms with Gasteiger partial charge in [-0.3, -0.25) is 4.79 Å². The summed E-state index contributed by atoms with van der Waals surface area (Å²) in [4.78, 5) is 18.2. The standard InChI is InChI=1S/C21H14F7N3O2/c22-15-5-3-11(4-6-15)17-29-18(33-30-17)16-2-1-7-31(16)19(32)12-8-13(20(23,24)25)10-14(9-12)21(26,27)28/h3-6,8-10,16H,1-2,7H2. The second-order valence-electron chi connectivity index (χ2n) is 7.41. The van der Waals surface area contributed by atoms with Gasteiger partial charge in [0, 0.05) is 17.7 Å². The molecule has 12 heteroatoms. The van der Waals surface area contributed by atoms with Crippen LogP contribution in [0.25, 0.3) is 11.4 Å². The average Bonchev–Trinajstić information content (AvgIpc) is 3.41. The summed E-state index contributed by atoms with van der Waals surface area (Å²) >= 11 is 0. The van der Waals surface area contributed by atoms with Crippen LogP contribution < -0.4 is 0 Å². The van der Waals surface area contributed by atoms with Crippen molar-refractivity contribution in [1.29, 1.82) is 0 Å². The molecule has 1 fully saturated rings. The summed E-state index contributed by atoms with van der Waals surface area (Å²) in [6, 6.07) is 5.10. The minimum absolute atomic E-state index is 0.0248. The van der Waals surface area contributed by atoms with Gasteiger partial charge in [0.05, 0.1) is 11.1 Å². The Bertz CT molecular complexity index is 1140. The van der Waals surface area contributed by atoms with Gasteiger partial charge >= 0.3 is 12.4 Å². The summed E-state index contributed by atoms with van der Waals surface area (Å²) < 4.78 is 97.3. The summed E-state index contributed by atoms with van der Waals surface area (Å²) in [5.74, 6) is -1.42. The van der Waals surface area contributed by atoms with Crippen LogP contribution in [0.5, 0.6) is 0 Å². The lowest BCUT2D eigenvalue weighted by atomic mass is 10.0. The van der Waals surface area contributed by atoms with Crippen LogP contribution in [0.3, 0.4) is 0 Å². The van der Waals surface area contributed by atoms with Gasteiger partial charge in [0.1, 0.15) is 11.9 Å². The summed E-state index contributed by atoms with van der Waals surface area (Å²) in [6.07, 6.45) is -9.40. The summed E-state index contributed by atoms with van der Waals surface area (Å²) in [7, 11) is 0. The molecule has 174 valence electrons. The fraction of sp³-hybridized carbons (Fsp3) is 0.286. The van der Waals surface area contributed by atoms with E-state index in [-0.39, 0.29) is 24.3 Å².